The summed E-state index contributed by atoms with van der Waals surface area (Å²) in [5.41, 5.74) is 1.09. The number of carbonyl (C=O) groups excluding carboxylic acids is 1. The van der Waals surface area contributed by atoms with Crippen LogP contribution in [0.25, 0.3) is 0 Å². The maximum absolute atomic E-state index is 11.0. The van der Waals surface area contributed by atoms with Gasteiger partial charge in [-0.05, 0) is 40.9 Å². The monoisotopic (exact) mass is 241 g/mol. The Bertz CT molecular complexity index is 312. The zero-order chi connectivity index (χ0) is 9.84. The number of pyridine rings is 1. The molecule has 70 valence electrons. The first-order chi connectivity index (χ1) is 6.09. The van der Waals surface area contributed by atoms with Crippen molar-refractivity contribution in [3.63, 3.8) is 0 Å². The first kappa shape index (κ1) is 10.4. The third-order valence-electron chi connectivity index (χ3n) is 2.00. The van der Waals surface area contributed by atoms with Crippen LogP contribution in [0.1, 0.15) is 19.4 Å². The molecule has 13 heavy (non-hydrogen) atoms. The molecule has 0 bridgehead atoms. The number of Topliss-reactive ketones (excluding diaryl/α,β-unsaturated/α-hetero) is 1. The number of halogens is 1. The summed E-state index contributed by atoms with van der Waals surface area (Å²) >= 11 is 3.34. The molecular weight excluding hydrogens is 230 g/mol. The van der Waals surface area contributed by atoms with E-state index in [2.05, 4.69) is 20.9 Å². The second kappa shape index (κ2) is 4.51. The highest BCUT2D eigenvalue weighted by molar-refractivity contribution is 9.10. The molecule has 1 aromatic heterocycles. The van der Waals surface area contributed by atoms with E-state index in [9.17, 15) is 4.79 Å². The van der Waals surface area contributed by atoms with E-state index in [1.807, 2.05) is 13.0 Å². The van der Waals surface area contributed by atoms with Crippen molar-refractivity contribution < 1.29 is 4.79 Å². The average Bonchev–Trinajstić information content (AvgIpc) is 2.04. The number of hydrogen-bond acceptors (Lipinski definition) is 2. The number of aromatic nitrogens is 1. The van der Waals surface area contributed by atoms with Crippen LogP contribution in [0.15, 0.2) is 22.9 Å². The van der Waals surface area contributed by atoms with Crippen LogP contribution in [0.4, 0.5) is 0 Å². The Morgan fingerprint density at radius 2 is 2.31 bits per heavy atom. The molecule has 1 atom stereocenters. The van der Waals surface area contributed by atoms with Crippen molar-refractivity contribution in [3.05, 3.63) is 28.5 Å². The third-order valence-corrected chi connectivity index (χ3v) is 2.43. The van der Waals surface area contributed by atoms with Gasteiger partial charge < -0.3 is 0 Å². The van der Waals surface area contributed by atoms with Gasteiger partial charge in [0.1, 0.15) is 5.78 Å². The molecule has 1 heterocycles. The molecule has 0 fully saturated rings. The molecule has 0 amide bonds. The number of rotatable bonds is 3. The zero-order valence-electron chi connectivity index (χ0n) is 7.75. The van der Waals surface area contributed by atoms with Gasteiger partial charge in [0.15, 0.2) is 0 Å². The molecule has 1 rings (SSSR count). The summed E-state index contributed by atoms with van der Waals surface area (Å²) in [4.78, 5) is 15.0. The van der Waals surface area contributed by atoms with Gasteiger partial charge in [0, 0.05) is 22.8 Å². The Balaban J connectivity index is 2.69. The molecule has 0 aliphatic carbocycles. The van der Waals surface area contributed by atoms with Gasteiger partial charge >= 0.3 is 0 Å². The lowest BCUT2D eigenvalue weighted by Gasteiger charge is -2.06. The minimum atomic E-state index is 0.0797. The molecule has 1 aromatic rings. The number of hydrogen-bond donors (Lipinski definition) is 0. The average molecular weight is 242 g/mol. The van der Waals surface area contributed by atoms with Crippen LogP contribution in [0.3, 0.4) is 0 Å². The van der Waals surface area contributed by atoms with Crippen LogP contribution >= 0.6 is 15.9 Å². The van der Waals surface area contributed by atoms with E-state index in [1.54, 1.807) is 19.3 Å². The van der Waals surface area contributed by atoms with Crippen molar-refractivity contribution in [2.24, 2.45) is 5.92 Å². The van der Waals surface area contributed by atoms with Gasteiger partial charge in [-0.15, -0.1) is 0 Å². The summed E-state index contributed by atoms with van der Waals surface area (Å²) in [6.07, 6.45) is 4.30. The van der Waals surface area contributed by atoms with Crippen molar-refractivity contribution >= 4 is 21.7 Å². The third kappa shape index (κ3) is 3.27. The summed E-state index contributed by atoms with van der Waals surface area (Å²) in [7, 11) is 0. The number of nitrogens with zero attached hydrogens (tertiary/aromatic N) is 1. The topological polar surface area (TPSA) is 30.0 Å². The van der Waals surface area contributed by atoms with Crippen molar-refractivity contribution in [2.75, 3.05) is 0 Å². The fourth-order valence-corrected chi connectivity index (χ4v) is 1.48. The van der Waals surface area contributed by atoms with Crippen molar-refractivity contribution in [2.45, 2.75) is 20.3 Å². The lowest BCUT2D eigenvalue weighted by atomic mass is 9.99. The molecule has 0 aliphatic rings. The summed E-state index contributed by atoms with van der Waals surface area (Å²) in [6.45, 7) is 3.55. The van der Waals surface area contributed by atoms with Crippen molar-refractivity contribution in [3.8, 4) is 0 Å². The van der Waals surface area contributed by atoms with E-state index in [0.717, 1.165) is 16.5 Å². The molecule has 0 radical (unpaired) electrons. The van der Waals surface area contributed by atoms with Gasteiger partial charge in [0.2, 0.25) is 0 Å². The first-order valence-corrected chi connectivity index (χ1v) is 4.99. The van der Waals surface area contributed by atoms with E-state index in [4.69, 9.17) is 0 Å². The lowest BCUT2D eigenvalue weighted by molar-refractivity contribution is -0.120. The van der Waals surface area contributed by atoms with Crippen LogP contribution in [0.2, 0.25) is 0 Å². The van der Waals surface area contributed by atoms with Gasteiger partial charge in [-0.2, -0.15) is 0 Å². The van der Waals surface area contributed by atoms with E-state index < -0.39 is 0 Å². The largest absolute Gasteiger partial charge is 0.300 e. The van der Waals surface area contributed by atoms with Crippen molar-refractivity contribution in [1.82, 2.24) is 4.98 Å². The van der Waals surface area contributed by atoms with Gasteiger partial charge in [-0.3, -0.25) is 9.78 Å². The second-order valence-electron chi connectivity index (χ2n) is 3.23. The first-order valence-electron chi connectivity index (χ1n) is 4.19. The van der Waals surface area contributed by atoms with E-state index in [1.165, 1.54) is 0 Å². The molecule has 3 heteroatoms. The van der Waals surface area contributed by atoms with E-state index >= 15 is 0 Å². The summed E-state index contributed by atoms with van der Waals surface area (Å²) in [6, 6.07) is 1.99. The van der Waals surface area contributed by atoms with Gasteiger partial charge in [0.25, 0.3) is 0 Å². The highest BCUT2D eigenvalue weighted by Gasteiger charge is 2.08. The van der Waals surface area contributed by atoms with Crippen LogP contribution < -0.4 is 0 Å². The Hall–Kier alpha value is -0.700. The molecule has 0 aliphatic heterocycles. The quantitative estimate of drug-likeness (QED) is 0.815. The Morgan fingerprint density at radius 1 is 1.62 bits per heavy atom. The van der Waals surface area contributed by atoms with E-state index in [0.29, 0.717) is 0 Å². The zero-order valence-corrected chi connectivity index (χ0v) is 9.34. The smallest absolute Gasteiger partial charge is 0.132 e. The summed E-state index contributed by atoms with van der Waals surface area (Å²) in [5.74, 6) is 0.302. The van der Waals surface area contributed by atoms with Gasteiger partial charge in [0.05, 0.1) is 0 Å². The van der Waals surface area contributed by atoms with E-state index in [-0.39, 0.29) is 11.7 Å². The maximum atomic E-state index is 11.0. The lowest BCUT2D eigenvalue weighted by Crippen LogP contribution is -2.09. The highest BCUT2D eigenvalue weighted by Crippen LogP contribution is 2.13. The maximum Gasteiger partial charge on any atom is 0.132 e. The molecule has 0 saturated carbocycles. The molecule has 2 nitrogen and oxygen atoms in total. The minimum absolute atomic E-state index is 0.0797. The standard InChI is InChI=1S/C10H12BrNO/c1-7(8(2)13)3-9-4-10(11)6-12-5-9/h4-7H,3H2,1-2H3. The Kier molecular flexibility index (Phi) is 3.60. The fraction of sp³-hybridized carbons (Fsp3) is 0.400. The van der Waals surface area contributed by atoms with Crippen LogP contribution in [0.5, 0.6) is 0 Å². The molecular formula is C10H12BrNO. The van der Waals surface area contributed by atoms with Crippen LogP contribution in [-0.2, 0) is 11.2 Å². The minimum Gasteiger partial charge on any atom is -0.300 e. The normalized spacial score (nSPS) is 12.5. The van der Waals surface area contributed by atoms with Crippen LogP contribution in [0, 0.1) is 5.92 Å². The molecule has 0 N–H and O–H groups in total. The van der Waals surface area contributed by atoms with Crippen molar-refractivity contribution in [1.29, 1.82) is 0 Å². The molecule has 1 unspecified atom stereocenters. The SMILES string of the molecule is CC(=O)C(C)Cc1cncc(Br)c1. The second-order valence-corrected chi connectivity index (χ2v) is 4.14. The predicted octanol–water partition coefficient (Wildman–Crippen LogP) is 2.61. The van der Waals surface area contributed by atoms with Gasteiger partial charge in [-0.25, -0.2) is 0 Å². The highest BCUT2D eigenvalue weighted by atomic mass is 79.9. The Labute approximate surface area is 86.5 Å². The molecule has 0 saturated heterocycles. The number of carbonyl (C=O) groups is 1. The number of ketones is 1. The molecule has 0 spiro atoms. The van der Waals surface area contributed by atoms with Gasteiger partial charge in [-0.1, -0.05) is 6.92 Å². The Morgan fingerprint density at radius 3 is 2.85 bits per heavy atom. The predicted molar refractivity (Wildman–Crippen MR) is 55.5 cm³/mol. The summed E-state index contributed by atoms with van der Waals surface area (Å²) < 4.78 is 0.959. The molecule has 0 aromatic carbocycles. The summed E-state index contributed by atoms with van der Waals surface area (Å²) in [5, 5.41) is 0. The van der Waals surface area contributed by atoms with Crippen LogP contribution in [-0.4, -0.2) is 10.8 Å². The fourth-order valence-electron chi connectivity index (χ4n) is 1.06.